The second-order valence-electron chi connectivity index (χ2n) is 10.4. The van der Waals surface area contributed by atoms with Gasteiger partial charge in [0.1, 0.15) is 5.90 Å². The van der Waals surface area contributed by atoms with Gasteiger partial charge in [0, 0.05) is 11.7 Å². The number of hydrogen-bond donors (Lipinski definition) is 8. The first-order chi connectivity index (χ1) is 21.1. The maximum Gasteiger partial charge on any atom is 0.476 e. The van der Waals surface area contributed by atoms with E-state index >= 15 is 0 Å². The minimum absolute atomic E-state index is 0.0623. The molecule has 8 N–H and O–H groups in total. The topological polar surface area (TPSA) is 360 Å². The Hall–Kier alpha value is -1.12. The van der Waals surface area contributed by atoms with Crippen molar-refractivity contribution in [2.24, 2.45) is 5.41 Å². The van der Waals surface area contributed by atoms with Gasteiger partial charge >= 0.3 is 35.0 Å². The van der Waals surface area contributed by atoms with E-state index in [2.05, 4.69) is 22.2 Å². The molecule has 0 bridgehead atoms. The molecule has 0 heterocycles. The number of ether oxygens (including phenoxy) is 2. The number of hydrogen-bond acceptors (Lipinski definition) is 13. The molecular formula is C21H44O21P4S2. The van der Waals surface area contributed by atoms with Gasteiger partial charge in [0.15, 0.2) is 0 Å². The third-order valence-corrected chi connectivity index (χ3v) is 13.8. The highest BCUT2D eigenvalue weighted by Crippen LogP contribution is 2.57. The maximum atomic E-state index is 12.0. The second kappa shape index (κ2) is 21.3. The lowest BCUT2D eigenvalue weighted by molar-refractivity contribution is -0.154. The van der Waals surface area contributed by atoms with E-state index in [1.54, 1.807) is 6.92 Å². The molecule has 0 spiro atoms. The number of carbonyl (C=O) groups is 2. The summed E-state index contributed by atoms with van der Waals surface area (Å²) in [6.45, 7) is 11.6. The van der Waals surface area contributed by atoms with Crippen LogP contribution in [-0.2, 0) is 61.9 Å². The van der Waals surface area contributed by atoms with Crippen molar-refractivity contribution >= 4 is 62.6 Å². The monoisotopic (exact) mass is 820 g/mol. The molecule has 3 atom stereocenters. The van der Waals surface area contributed by atoms with Gasteiger partial charge in [-0.05, 0) is 46.5 Å². The van der Waals surface area contributed by atoms with Crippen molar-refractivity contribution in [1.29, 1.82) is 0 Å². The molecular weight excluding hydrogens is 776 g/mol. The van der Waals surface area contributed by atoms with Crippen molar-refractivity contribution in [3.63, 3.8) is 0 Å². The van der Waals surface area contributed by atoms with Gasteiger partial charge < -0.3 is 38.8 Å². The van der Waals surface area contributed by atoms with Crippen molar-refractivity contribution in [1.82, 2.24) is 0 Å². The van der Waals surface area contributed by atoms with Gasteiger partial charge in [0.2, 0.25) is 7.37 Å². The maximum absolute atomic E-state index is 12.0. The van der Waals surface area contributed by atoms with Crippen LogP contribution in [0.25, 0.3) is 0 Å². The van der Waals surface area contributed by atoms with Gasteiger partial charge in [-0.15, -0.1) is 0 Å². The average Bonchev–Trinajstić information content (AvgIpc) is 2.84. The highest BCUT2D eigenvalue weighted by molar-refractivity contribution is 7.88. The Bertz CT molecular complexity index is 1480. The van der Waals surface area contributed by atoms with Crippen LogP contribution in [0.3, 0.4) is 0 Å². The lowest BCUT2D eigenvalue weighted by atomic mass is 9.87. The predicted molar refractivity (Wildman–Crippen MR) is 171 cm³/mol. The van der Waals surface area contributed by atoms with Crippen molar-refractivity contribution in [2.75, 3.05) is 31.4 Å². The molecule has 27 heteroatoms. The quantitative estimate of drug-likeness (QED) is 0.0304. The zero-order valence-corrected chi connectivity index (χ0v) is 31.6. The SMILES string of the molecule is C=C(C)C(=O)OCCCP(=O)(O)CP(=O)(O)O.C=CS(=O)(=O)O.CCC(CC(C)(C)C(=O)OCCCP(=O)(O)OP(=O)(O)O)S(=O)(=O)O. The van der Waals surface area contributed by atoms with E-state index in [9.17, 15) is 54.5 Å². The van der Waals surface area contributed by atoms with Crippen LogP contribution in [0.4, 0.5) is 0 Å². The summed E-state index contributed by atoms with van der Waals surface area (Å²) in [7, 11) is -26.2. The number of rotatable bonds is 19. The summed E-state index contributed by atoms with van der Waals surface area (Å²) in [5, 5.41) is -0.670. The summed E-state index contributed by atoms with van der Waals surface area (Å²) in [6, 6.07) is 0. The smallest absolute Gasteiger partial charge is 0.465 e. The highest BCUT2D eigenvalue weighted by atomic mass is 32.2. The molecule has 0 radical (unpaired) electrons. The number of phosphoric acid groups is 1. The Labute approximate surface area is 278 Å². The minimum atomic E-state index is -5.12. The number of carbonyl (C=O) groups excluding carboxylic acids is 2. The molecule has 0 aliphatic carbocycles. The van der Waals surface area contributed by atoms with E-state index in [4.69, 9.17) is 33.4 Å². The molecule has 0 saturated heterocycles. The van der Waals surface area contributed by atoms with E-state index < -0.39 is 85.3 Å². The fourth-order valence-corrected chi connectivity index (χ4v) is 9.63. The summed E-state index contributed by atoms with van der Waals surface area (Å²) in [6.07, 6.45) is -1.17. The first-order valence-electron chi connectivity index (χ1n) is 13.1. The summed E-state index contributed by atoms with van der Waals surface area (Å²) in [5.74, 6) is -2.43. The molecule has 0 aromatic rings. The Morgan fingerprint density at radius 1 is 0.875 bits per heavy atom. The van der Waals surface area contributed by atoms with Crippen LogP contribution in [0.1, 0.15) is 53.4 Å². The van der Waals surface area contributed by atoms with Gasteiger partial charge in [0.05, 0.1) is 35.4 Å². The third kappa shape index (κ3) is 30.9. The van der Waals surface area contributed by atoms with Crippen molar-refractivity contribution in [2.45, 2.75) is 58.6 Å². The summed E-state index contributed by atoms with van der Waals surface area (Å²) in [4.78, 5) is 75.4. The van der Waals surface area contributed by atoms with E-state index in [-0.39, 0.29) is 50.6 Å². The van der Waals surface area contributed by atoms with E-state index in [1.807, 2.05) is 0 Å². The van der Waals surface area contributed by atoms with Gasteiger partial charge in [-0.1, -0.05) is 20.1 Å². The molecule has 0 aromatic heterocycles. The number of esters is 2. The lowest BCUT2D eigenvalue weighted by Crippen LogP contribution is -2.34. The molecule has 0 aliphatic rings. The fraction of sp³-hybridized carbons (Fsp3) is 0.714. The molecule has 286 valence electrons. The van der Waals surface area contributed by atoms with Crippen LogP contribution in [0.15, 0.2) is 24.1 Å². The average molecular weight is 821 g/mol. The van der Waals surface area contributed by atoms with E-state index in [1.165, 1.54) is 20.8 Å². The summed E-state index contributed by atoms with van der Waals surface area (Å²) >= 11 is 0. The zero-order valence-electron chi connectivity index (χ0n) is 26.4. The van der Waals surface area contributed by atoms with Crippen LogP contribution >= 0.6 is 30.4 Å². The van der Waals surface area contributed by atoms with E-state index in [0.717, 1.165) is 0 Å². The third-order valence-electron chi connectivity index (χ3n) is 5.07. The summed E-state index contributed by atoms with van der Waals surface area (Å²) < 4.78 is 115. The second-order valence-corrected chi connectivity index (χ2v) is 21.4. The van der Waals surface area contributed by atoms with Crippen molar-refractivity contribution in [3.8, 4) is 0 Å². The van der Waals surface area contributed by atoms with Gasteiger partial charge in [-0.2, -0.15) is 16.8 Å². The lowest BCUT2D eigenvalue weighted by Gasteiger charge is -2.26. The van der Waals surface area contributed by atoms with Crippen molar-refractivity contribution < 1.29 is 96.9 Å². The van der Waals surface area contributed by atoms with Crippen LogP contribution in [0, 0.1) is 5.41 Å². The van der Waals surface area contributed by atoms with Crippen LogP contribution < -0.4 is 0 Å². The van der Waals surface area contributed by atoms with Crippen LogP contribution in [-0.4, -0.2) is 104 Å². The first-order valence-corrected chi connectivity index (χ1v) is 23.2. The Kier molecular flexibility index (Phi) is 22.7. The van der Waals surface area contributed by atoms with E-state index in [0.29, 0.717) is 5.41 Å². The molecule has 0 fully saturated rings. The molecule has 0 aromatic carbocycles. The van der Waals surface area contributed by atoms with Gasteiger partial charge in [-0.3, -0.25) is 27.6 Å². The minimum Gasteiger partial charge on any atom is -0.465 e. The molecule has 3 unspecified atom stereocenters. The van der Waals surface area contributed by atoms with Crippen molar-refractivity contribution in [3.05, 3.63) is 24.1 Å². The Morgan fingerprint density at radius 2 is 1.31 bits per heavy atom. The normalized spacial score (nSPS) is 15.5. The highest BCUT2D eigenvalue weighted by Gasteiger charge is 2.37. The zero-order chi connectivity index (χ0) is 39.0. The van der Waals surface area contributed by atoms with Gasteiger partial charge in [-0.25, -0.2) is 13.7 Å². The van der Waals surface area contributed by atoms with Crippen LogP contribution in [0.5, 0.6) is 0 Å². The first kappa shape index (κ1) is 51.3. The summed E-state index contributed by atoms with van der Waals surface area (Å²) in [5.41, 5.74) is -1.02. The Morgan fingerprint density at radius 3 is 1.67 bits per heavy atom. The molecule has 48 heavy (non-hydrogen) atoms. The largest absolute Gasteiger partial charge is 0.476 e. The molecule has 0 saturated carbocycles. The molecule has 0 rings (SSSR count). The molecule has 0 amide bonds. The standard InChI is InChI=1S/C11H24O11P2S.C8H16O7P2.C2H4O3S/c1-4-9(25(18,19)20)8-11(2,3)10(12)21-6-5-7-23(13,14)22-24(15,16)17;1-7(2)8(9)15-4-3-5-16(10,11)6-17(12,13)14;1-2-6(3,4)5/h9H,4-8H2,1-3H3,(H,13,14)(H2,15,16,17)(H,18,19,20);1,3-6H2,2H3,(H,10,11)(H2,12,13,14);2H,1H2,(H,3,4,5). The molecule has 21 nitrogen and oxygen atoms in total. The molecule has 0 aliphatic heterocycles. The fourth-order valence-electron chi connectivity index (χ4n) is 2.90. The predicted octanol–water partition coefficient (Wildman–Crippen LogP) is 2.22. The van der Waals surface area contributed by atoms with Gasteiger partial charge in [0.25, 0.3) is 20.2 Å². The van der Waals surface area contributed by atoms with Crippen LogP contribution in [0.2, 0.25) is 0 Å². The Balaban J connectivity index is -0.000000755.